The number of isocyanates is 1. The molecule has 0 amide bonds. The fraction of sp³-hybridized carbons (Fsp3) is 0.111. The Morgan fingerprint density at radius 3 is 2.77 bits per heavy atom. The fourth-order valence-electron chi connectivity index (χ4n) is 0.927. The van der Waals surface area contributed by atoms with Crippen LogP contribution in [0.5, 0.6) is 0 Å². The summed E-state index contributed by atoms with van der Waals surface area (Å²) in [5.74, 6) is 0. The highest BCUT2D eigenvalue weighted by Crippen LogP contribution is 2.29. The first-order chi connectivity index (χ1) is 6.20. The van der Waals surface area contributed by atoms with E-state index in [1.54, 1.807) is 13.0 Å². The summed E-state index contributed by atoms with van der Waals surface area (Å²) in [5.41, 5.74) is 1.45. The molecular weight excluding hydrogens is 188 g/mol. The minimum Gasteiger partial charge on any atom is -0.211 e. The Balaban J connectivity index is 3.41. The minimum atomic E-state index is 0.322. The molecule has 13 heavy (non-hydrogen) atoms. The molecule has 0 aromatic heterocycles. The lowest BCUT2D eigenvalue weighted by atomic mass is 10.1. The van der Waals surface area contributed by atoms with Gasteiger partial charge in [0.25, 0.3) is 0 Å². The summed E-state index contributed by atoms with van der Waals surface area (Å²) in [5, 5.41) is 8.97. The number of halogens is 1. The van der Waals surface area contributed by atoms with Crippen molar-refractivity contribution in [3.05, 3.63) is 28.3 Å². The monoisotopic (exact) mass is 192 g/mol. The maximum absolute atomic E-state index is 9.98. The Labute approximate surface area is 80.3 Å². The van der Waals surface area contributed by atoms with Gasteiger partial charge in [0, 0.05) is 0 Å². The van der Waals surface area contributed by atoms with Gasteiger partial charge in [-0.05, 0) is 24.6 Å². The van der Waals surface area contributed by atoms with Gasteiger partial charge >= 0.3 is 0 Å². The molecule has 1 aromatic carbocycles. The zero-order chi connectivity index (χ0) is 9.84. The van der Waals surface area contributed by atoms with E-state index in [-0.39, 0.29) is 0 Å². The normalized spacial score (nSPS) is 8.69. The lowest BCUT2D eigenvalue weighted by Crippen LogP contribution is -1.83. The SMILES string of the molecule is Cc1c(C#N)ccc(N=C=O)c1Cl. The average molecular weight is 193 g/mol. The molecule has 0 N–H and O–H groups in total. The second kappa shape index (κ2) is 3.86. The Kier molecular flexibility index (Phi) is 2.81. The topological polar surface area (TPSA) is 53.2 Å². The van der Waals surface area contributed by atoms with E-state index in [0.717, 1.165) is 0 Å². The average Bonchev–Trinajstić information content (AvgIpc) is 2.14. The van der Waals surface area contributed by atoms with Gasteiger partial charge in [-0.15, -0.1) is 0 Å². The Hall–Kier alpha value is -1.62. The number of nitrogens with zero attached hydrogens (tertiary/aromatic N) is 2. The van der Waals surface area contributed by atoms with Gasteiger partial charge in [0.2, 0.25) is 6.08 Å². The van der Waals surface area contributed by atoms with Crippen molar-refractivity contribution in [1.29, 1.82) is 5.26 Å². The summed E-state index contributed by atoms with van der Waals surface area (Å²) >= 11 is 5.83. The molecule has 3 nitrogen and oxygen atoms in total. The van der Waals surface area contributed by atoms with E-state index in [1.807, 2.05) is 6.07 Å². The van der Waals surface area contributed by atoms with Crippen LogP contribution >= 0.6 is 11.6 Å². The molecule has 0 bridgehead atoms. The third-order valence-electron chi connectivity index (χ3n) is 1.65. The molecule has 0 atom stereocenters. The lowest BCUT2D eigenvalue weighted by molar-refractivity contribution is 0.565. The van der Waals surface area contributed by atoms with Gasteiger partial charge in [-0.2, -0.15) is 10.3 Å². The number of hydrogen-bond donors (Lipinski definition) is 0. The van der Waals surface area contributed by atoms with E-state index >= 15 is 0 Å². The zero-order valence-corrected chi connectivity index (χ0v) is 7.59. The van der Waals surface area contributed by atoms with Crippen molar-refractivity contribution in [2.24, 2.45) is 4.99 Å². The molecule has 0 unspecified atom stereocenters. The van der Waals surface area contributed by atoms with Gasteiger partial charge < -0.3 is 0 Å². The number of benzene rings is 1. The molecule has 64 valence electrons. The first-order valence-electron chi connectivity index (χ1n) is 3.47. The molecule has 4 heteroatoms. The van der Waals surface area contributed by atoms with Gasteiger partial charge in [-0.3, -0.25) is 0 Å². The highest BCUT2D eigenvalue weighted by molar-refractivity contribution is 6.34. The molecule has 0 saturated heterocycles. The number of hydrogen-bond acceptors (Lipinski definition) is 3. The van der Waals surface area contributed by atoms with Crippen molar-refractivity contribution in [2.75, 3.05) is 0 Å². The van der Waals surface area contributed by atoms with Gasteiger partial charge in [0.15, 0.2) is 0 Å². The molecule has 0 aliphatic rings. The number of carbonyl (C=O) groups excluding carboxylic acids is 1. The largest absolute Gasteiger partial charge is 0.240 e. The van der Waals surface area contributed by atoms with Crippen LogP contribution in [0.1, 0.15) is 11.1 Å². The summed E-state index contributed by atoms with van der Waals surface area (Å²) in [6.45, 7) is 1.70. The van der Waals surface area contributed by atoms with Crippen LogP contribution in [-0.4, -0.2) is 6.08 Å². The molecule has 0 spiro atoms. The molecule has 0 fully saturated rings. The summed E-state index contributed by atoms with van der Waals surface area (Å²) in [6.07, 6.45) is 1.40. The van der Waals surface area contributed by atoms with Gasteiger partial charge in [-0.25, -0.2) is 4.79 Å². The van der Waals surface area contributed by atoms with Crippen molar-refractivity contribution in [3.8, 4) is 6.07 Å². The van der Waals surface area contributed by atoms with Gasteiger partial charge in [-0.1, -0.05) is 11.6 Å². The molecule has 0 heterocycles. The van der Waals surface area contributed by atoms with Crippen molar-refractivity contribution in [2.45, 2.75) is 6.92 Å². The van der Waals surface area contributed by atoms with Gasteiger partial charge in [0.1, 0.15) is 0 Å². The first kappa shape index (κ1) is 9.47. The van der Waals surface area contributed by atoms with Crippen LogP contribution in [0.25, 0.3) is 0 Å². The molecule has 0 saturated carbocycles. The molecule has 1 aromatic rings. The number of aliphatic imine (C=N–C) groups is 1. The molecule has 0 aliphatic carbocycles. The van der Waals surface area contributed by atoms with E-state index in [9.17, 15) is 4.79 Å². The van der Waals surface area contributed by atoms with Crippen molar-refractivity contribution in [3.63, 3.8) is 0 Å². The van der Waals surface area contributed by atoms with E-state index in [4.69, 9.17) is 16.9 Å². The summed E-state index contributed by atoms with van der Waals surface area (Å²) in [7, 11) is 0. The standard InChI is InChI=1S/C9H5ClN2O/c1-6-7(4-11)2-3-8(9(6)10)12-5-13/h2-3H,1H3. The lowest BCUT2D eigenvalue weighted by Gasteiger charge is -2.01. The molecule has 0 radical (unpaired) electrons. The maximum atomic E-state index is 9.98. The minimum absolute atomic E-state index is 0.322. The van der Waals surface area contributed by atoms with Crippen LogP contribution in [0.4, 0.5) is 5.69 Å². The van der Waals surface area contributed by atoms with E-state index in [1.165, 1.54) is 12.1 Å². The quantitative estimate of drug-likeness (QED) is 0.507. The summed E-state index contributed by atoms with van der Waals surface area (Å²) in [4.78, 5) is 13.4. The highest BCUT2D eigenvalue weighted by Gasteiger charge is 2.06. The molecule has 0 aliphatic heterocycles. The Morgan fingerprint density at radius 1 is 1.54 bits per heavy atom. The fourth-order valence-corrected chi connectivity index (χ4v) is 1.13. The predicted octanol–water partition coefficient (Wildman–Crippen LogP) is 2.49. The first-order valence-corrected chi connectivity index (χ1v) is 3.85. The van der Waals surface area contributed by atoms with Crippen LogP contribution in [0, 0.1) is 18.3 Å². The second-order valence-electron chi connectivity index (χ2n) is 2.39. The number of nitriles is 1. The highest BCUT2D eigenvalue weighted by atomic mass is 35.5. The summed E-state index contributed by atoms with van der Waals surface area (Å²) < 4.78 is 0. The predicted molar refractivity (Wildman–Crippen MR) is 48.7 cm³/mol. The van der Waals surface area contributed by atoms with Crippen molar-refractivity contribution in [1.82, 2.24) is 0 Å². The van der Waals surface area contributed by atoms with Crippen molar-refractivity contribution >= 4 is 23.4 Å². The van der Waals surface area contributed by atoms with Crippen LogP contribution in [0.2, 0.25) is 5.02 Å². The van der Waals surface area contributed by atoms with E-state index < -0.39 is 0 Å². The van der Waals surface area contributed by atoms with Gasteiger partial charge in [0.05, 0.1) is 22.3 Å². The Bertz CT molecular complexity index is 428. The van der Waals surface area contributed by atoms with Crippen LogP contribution in [0.3, 0.4) is 0 Å². The zero-order valence-electron chi connectivity index (χ0n) is 6.84. The molecule has 1 rings (SSSR count). The van der Waals surface area contributed by atoms with E-state index in [0.29, 0.717) is 21.8 Å². The molecular formula is C9H5ClN2O. The third kappa shape index (κ3) is 1.75. The van der Waals surface area contributed by atoms with E-state index in [2.05, 4.69) is 4.99 Å². The Morgan fingerprint density at radius 2 is 2.23 bits per heavy atom. The third-order valence-corrected chi connectivity index (χ3v) is 2.13. The van der Waals surface area contributed by atoms with Crippen LogP contribution in [0.15, 0.2) is 17.1 Å². The number of rotatable bonds is 1. The van der Waals surface area contributed by atoms with Crippen LogP contribution in [-0.2, 0) is 4.79 Å². The maximum Gasteiger partial charge on any atom is 0.240 e. The summed E-state index contributed by atoms with van der Waals surface area (Å²) in [6, 6.07) is 5.06. The second-order valence-corrected chi connectivity index (χ2v) is 2.76. The smallest absolute Gasteiger partial charge is 0.211 e. The van der Waals surface area contributed by atoms with Crippen molar-refractivity contribution < 1.29 is 4.79 Å². The van der Waals surface area contributed by atoms with Crippen LogP contribution < -0.4 is 0 Å².